The smallest absolute Gasteiger partial charge is 0.416 e. The van der Waals surface area contributed by atoms with Crippen molar-refractivity contribution in [2.75, 3.05) is 46.6 Å². The topological polar surface area (TPSA) is 123 Å². The Bertz CT molecular complexity index is 1770. The Kier molecular flexibility index (Phi) is 16.4. The van der Waals surface area contributed by atoms with E-state index in [4.69, 9.17) is 19.2 Å². The minimum Gasteiger partial charge on any atom is -0.497 e. The third-order valence-corrected chi connectivity index (χ3v) is 8.12. The van der Waals surface area contributed by atoms with Gasteiger partial charge in [0, 0.05) is 74.4 Å². The number of amides is 1. The fourth-order valence-corrected chi connectivity index (χ4v) is 5.01. The first-order chi connectivity index (χ1) is 24.0. The molecule has 0 saturated carbocycles. The fraction of sp³-hybridized carbons (Fsp3) is 0.417. The number of nitrogens with one attached hydrogen (secondary N) is 2. The van der Waals surface area contributed by atoms with Crippen LogP contribution in [0.15, 0.2) is 81.1 Å². The number of nitrogens with zero attached hydrogens (tertiary/aromatic N) is 3. The first-order valence-corrected chi connectivity index (χ1v) is 17.6. The number of hydrogen-bond donors (Lipinski definition) is 2. The van der Waals surface area contributed by atoms with Crippen LogP contribution in [0.25, 0.3) is 5.57 Å². The number of ether oxygens (including phenoxy) is 3. The van der Waals surface area contributed by atoms with Crippen LogP contribution in [0.5, 0.6) is 11.5 Å². The highest BCUT2D eigenvalue weighted by Crippen LogP contribution is 2.32. The van der Waals surface area contributed by atoms with Crippen LogP contribution in [0.2, 0.25) is 0 Å². The summed E-state index contributed by atoms with van der Waals surface area (Å²) in [5, 5.41) is 3.19. The third-order valence-electron chi connectivity index (χ3n) is 7.65. The number of rotatable bonds is 16. The molecule has 1 aromatic carbocycles. The van der Waals surface area contributed by atoms with Crippen LogP contribution in [0.1, 0.15) is 63.4 Å². The first-order valence-electron chi connectivity index (χ1n) is 16.0. The number of benzene rings is 1. The number of amidine groups is 1. The zero-order chi connectivity index (χ0) is 38.5. The molecule has 0 fully saturated rings. The summed E-state index contributed by atoms with van der Waals surface area (Å²) in [6.45, 7) is 8.76. The molecule has 0 radical (unpaired) electrons. The Labute approximate surface area is 300 Å². The van der Waals surface area contributed by atoms with E-state index in [0.717, 1.165) is 11.6 Å². The Morgan fingerprint density at radius 2 is 1.67 bits per heavy atom. The lowest BCUT2D eigenvalue weighted by molar-refractivity contribution is -0.0891. The molecule has 1 heterocycles. The van der Waals surface area contributed by atoms with Gasteiger partial charge in [0.05, 0.1) is 26.4 Å². The maximum Gasteiger partial charge on any atom is 0.416 e. The van der Waals surface area contributed by atoms with Gasteiger partial charge >= 0.3 is 6.18 Å². The second-order valence-electron chi connectivity index (χ2n) is 11.5. The minimum absolute atomic E-state index is 0.0745. The maximum absolute atomic E-state index is 14.1. The number of carbonyl (C=O) groups excluding carboxylic acids is 1. The van der Waals surface area contributed by atoms with Crippen molar-refractivity contribution < 1.29 is 36.4 Å². The van der Waals surface area contributed by atoms with Gasteiger partial charge in [-0.15, -0.1) is 0 Å². The number of carbonyl (C=O) groups is 1. The summed E-state index contributed by atoms with van der Waals surface area (Å²) in [5.41, 5.74) is 0.581. The molecule has 2 aromatic rings. The number of methoxy groups -OCH3 is 3. The lowest BCUT2D eigenvalue weighted by atomic mass is 10.0. The second-order valence-corrected chi connectivity index (χ2v) is 12.6. The van der Waals surface area contributed by atoms with Crippen molar-refractivity contribution in [3.05, 3.63) is 92.8 Å². The maximum atomic E-state index is 14.1. The SMILES string of the molecule is CC/C(C)=C(/C=C\N(C)C(/N=C(\C)Nc1cc(OC)cc(OC)c1)=C(/C=C(\C)CC)c1cc(C(=O)NS(C)=O)c(=O)n(CCOC)c1)C(F)(F)F. The molecule has 1 atom stereocenters. The number of aromatic nitrogens is 1. The van der Waals surface area contributed by atoms with Gasteiger partial charge < -0.3 is 29.0 Å². The molecule has 1 aromatic heterocycles. The van der Waals surface area contributed by atoms with E-state index in [1.807, 2.05) is 13.8 Å². The molecule has 0 saturated heterocycles. The van der Waals surface area contributed by atoms with E-state index >= 15 is 0 Å². The lowest BCUT2D eigenvalue weighted by Crippen LogP contribution is -2.34. The Hall–Kier alpha value is -4.63. The highest BCUT2D eigenvalue weighted by atomic mass is 32.2. The van der Waals surface area contributed by atoms with Crippen molar-refractivity contribution in [3.8, 4) is 11.5 Å². The molecule has 0 spiro atoms. The van der Waals surface area contributed by atoms with Gasteiger partial charge in [0.2, 0.25) is 0 Å². The quantitative estimate of drug-likeness (QED) is 0.109. The zero-order valence-electron chi connectivity index (χ0n) is 30.8. The van der Waals surface area contributed by atoms with E-state index in [-0.39, 0.29) is 36.5 Å². The average Bonchev–Trinajstić information content (AvgIpc) is 3.07. The highest BCUT2D eigenvalue weighted by Gasteiger charge is 2.33. The summed E-state index contributed by atoms with van der Waals surface area (Å²) in [6, 6.07) is 6.49. The summed E-state index contributed by atoms with van der Waals surface area (Å²) in [4.78, 5) is 32.9. The minimum atomic E-state index is -4.60. The van der Waals surface area contributed by atoms with Crippen molar-refractivity contribution in [1.82, 2.24) is 14.2 Å². The van der Waals surface area contributed by atoms with Gasteiger partial charge in [-0.2, -0.15) is 13.2 Å². The van der Waals surface area contributed by atoms with Crippen molar-refractivity contribution in [1.29, 1.82) is 0 Å². The van der Waals surface area contributed by atoms with Crippen LogP contribution in [0.4, 0.5) is 18.9 Å². The van der Waals surface area contributed by atoms with E-state index < -0.39 is 34.2 Å². The van der Waals surface area contributed by atoms with Gasteiger partial charge in [0.1, 0.15) is 39.7 Å². The number of aliphatic imine (C=N–C) groups is 1. The van der Waals surface area contributed by atoms with Crippen molar-refractivity contribution in [2.45, 2.75) is 60.2 Å². The summed E-state index contributed by atoms with van der Waals surface area (Å²) in [5.74, 6) is 0.679. The standard InChI is InChI=1S/C36H48F3N5O6S/c1-11-23(3)17-30(26-18-31(34(45)42-51(10)47)35(46)44(22-26)15-16-48-7)33(43(6)14-13-32(24(4)12-2)36(37,38)39)41-25(5)40-27-19-28(49-8)21-29(20-27)50-9/h13-14,17-22H,11-12,15-16H2,1-10H3,(H,40,41)(H,42,45)/b14-13-,23-17+,32-24-,33-30-. The molecule has 15 heteroatoms. The van der Waals surface area contributed by atoms with Crippen molar-refractivity contribution in [3.63, 3.8) is 0 Å². The van der Waals surface area contributed by atoms with Crippen LogP contribution in [-0.2, 0) is 22.3 Å². The fourth-order valence-electron chi connectivity index (χ4n) is 4.64. The molecule has 0 bridgehead atoms. The monoisotopic (exact) mass is 735 g/mol. The molecule has 51 heavy (non-hydrogen) atoms. The van der Waals surface area contributed by atoms with Crippen LogP contribution >= 0.6 is 0 Å². The number of halogens is 3. The molecule has 2 N–H and O–H groups in total. The van der Waals surface area contributed by atoms with Crippen LogP contribution < -0.4 is 25.1 Å². The predicted octanol–water partition coefficient (Wildman–Crippen LogP) is 6.82. The molecule has 0 aliphatic heterocycles. The Balaban J connectivity index is 3.09. The van der Waals surface area contributed by atoms with Gasteiger partial charge in [0.15, 0.2) is 0 Å². The molecule has 280 valence electrons. The number of pyridine rings is 1. The zero-order valence-corrected chi connectivity index (χ0v) is 31.6. The highest BCUT2D eigenvalue weighted by molar-refractivity contribution is 7.82. The summed E-state index contributed by atoms with van der Waals surface area (Å²) in [6.07, 6.45) is 3.03. The van der Waals surface area contributed by atoms with Gasteiger partial charge in [-0.1, -0.05) is 31.1 Å². The Morgan fingerprint density at radius 3 is 2.18 bits per heavy atom. The molecule has 2 rings (SSSR count). The van der Waals surface area contributed by atoms with E-state index in [9.17, 15) is 27.0 Å². The van der Waals surface area contributed by atoms with E-state index in [2.05, 4.69) is 10.0 Å². The molecule has 1 unspecified atom stereocenters. The number of alkyl halides is 3. The summed E-state index contributed by atoms with van der Waals surface area (Å²) < 4.78 is 73.8. The van der Waals surface area contributed by atoms with Gasteiger partial charge in [0.25, 0.3) is 11.5 Å². The van der Waals surface area contributed by atoms with Crippen LogP contribution in [0, 0.1) is 0 Å². The molecular weight excluding hydrogens is 687 g/mol. The van der Waals surface area contributed by atoms with Gasteiger partial charge in [-0.05, 0) is 45.8 Å². The van der Waals surface area contributed by atoms with E-state index in [1.165, 1.54) is 62.4 Å². The van der Waals surface area contributed by atoms with E-state index in [1.54, 1.807) is 45.2 Å². The molecule has 0 aliphatic rings. The van der Waals surface area contributed by atoms with Crippen molar-refractivity contribution in [2.24, 2.45) is 4.99 Å². The van der Waals surface area contributed by atoms with Crippen molar-refractivity contribution >= 4 is 34.0 Å². The van der Waals surface area contributed by atoms with Crippen LogP contribution in [-0.4, -0.2) is 72.8 Å². The number of allylic oxidation sites excluding steroid dienone is 6. The third kappa shape index (κ3) is 12.6. The molecule has 0 aliphatic carbocycles. The number of anilines is 1. The molecular formula is C36H48F3N5O6S. The Morgan fingerprint density at radius 1 is 1.04 bits per heavy atom. The van der Waals surface area contributed by atoms with Gasteiger partial charge in [-0.3, -0.25) is 14.3 Å². The second kappa shape index (κ2) is 19.7. The van der Waals surface area contributed by atoms with Gasteiger partial charge in [-0.25, -0.2) is 9.20 Å². The normalized spacial score (nSPS) is 14.1. The molecule has 11 nitrogen and oxygen atoms in total. The predicted molar refractivity (Wildman–Crippen MR) is 197 cm³/mol. The summed E-state index contributed by atoms with van der Waals surface area (Å²) in [7, 11) is 4.27. The first kappa shape index (κ1) is 42.5. The summed E-state index contributed by atoms with van der Waals surface area (Å²) >= 11 is 0. The molecule has 1 amide bonds. The van der Waals surface area contributed by atoms with E-state index in [0.29, 0.717) is 40.6 Å². The average molecular weight is 736 g/mol. The number of hydrogen-bond acceptors (Lipinski definition) is 8. The van der Waals surface area contributed by atoms with Crippen LogP contribution in [0.3, 0.4) is 0 Å². The largest absolute Gasteiger partial charge is 0.497 e. The lowest BCUT2D eigenvalue weighted by Gasteiger charge is -2.22.